The normalized spacial score (nSPS) is 15.6. The average molecular weight is 541 g/mol. The largest absolute Gasteiger partial charge is 0.497 e. The molecule has 2 N–H and O–H groups in total. The van der Waals surface area contributed by atoms with Crippen molar-refractivity contribution in [3.63, 3.8) is 0 Å². The third-order valence-electron chi connectivity index (χ3n) is 6.52. The fourth-order valence-corrected chi connectivity index (χ4v) is 4.60. The highest BCUT2D eigenvalue weighted by Gasteiger charge is 2.37. The summed E-state index contributed by atoms with van der Waals surface area (Å²) in [6, 6.07) is 13.6. The van der Waals surface area contributed by atoms with Gasteiger partial charge in [-0.3, -0.25) is 23.6 Å². The van der Waals surface area contributed by atoms with E-state index in [0.29, 0.717) is 16.8 Å². The summed E-state index contributed by atoms with van der Waals surface area (Å²) in [7, 11) is 1.57. The molecule has 1 fully saturated rings. The standard InChI is InChI=1S/C27H32N4O8/c1-37-20-8-6-19(7-9-20)18-30-24(32)11-10-23(25(30)33)31-22-5-3-2-4-21(22)29(27(31)36)13-15-39-17-16-38-14-12-28-26(34)35/h2-9,23,28H,10-18H2,1H3,(H,34,35). The van der Waals surface area contributed by atoms with Gasteiger partial charge in [0, 0.05) is 13.0 Å². The maximum absolute atomic E-state index is 13.6. The number of carbonyl (C=O) groups excluding carboxylic acids is 2. The predicted octanol–water partition coefficient (Wildman–Crippen LogP) is 2.00. The molecule has 12 heteroatoms. The van der Waals surface area contributed by atoms with Crippen LogP contribution in [0, 0.1) is 0 Å². The van der Waals surface area contributed by atoms with Crippen molar-refractivity contribution in [3.8, 4) is 5.75 Å². The lowest BCUT2D eigenvalue weighted by molar-refractivity contribution is -0.151. The van der Waals surface area contributed by atoms with Crippen LogP contribution in [0.5, 0.6) is 5.75 Å². The first-order chi connectivity index (χ1) is 18.9. The molecule has 1 aliphatic rings. The van der Waals surface area contributed by atoms with E-state index in [2.05, 4.69) is 5.32 Å². The summed E-state index contributed by atoms with van der Waals surface area (Å²) in [6.07, 6.45) is -0.704. The molecule has 2 aromatic carbocycles. The number of imidazole rings is 1. The summed E-state index contributed by atoms with van der Waals surface area (Å²) in [6.45, 7) is 1.61. The van der Waals surface area contributed by atoms with E-state index >= 15 is 0 Å². The zero-order valence-corrected chi connectivity index (χ0v) is 21.7. The predicted molar refractivity (Wildman–Crippen MR) is 141 cm³/mol. The molecule has 1 aliphatic heterocycles. The number of rotatable bonds is 13. The number of para-hydroxylation sites is 2. The molecule has 0 aliphatic carbocycles. The molecule has 3 aromatic rings. The van der Waals surface area contributed by atoms with Crippen molar-refractivity contribution in [2.45, 2.75) is 32.0 Å². The van der Waals surface area contributed by atoms with E-state index in [0.717, 1.165) is 5.56 Å². The lowest BCUT2D eigenvalue weighted by atomic mass is 10.0. The van der Waals surface area contributed by atoms with Gasteiger partial charge in [-0.05, 0) is 36.2 Å². The molecule has 1 unspecified atom stereocenters. The van der Waals surface area contributed by atoms with Crippen LogP contribution >= 0.6 is 0 Å². The SMILES string of the molecule is COc1ccc(CN2C(=O)CCC(n3c(=O)n(CCOCCOCCNC(=O)O)c4ccccc43)C2=O)cc1. The summed E-state index contributed by atoms with van der Waals surface area (Å²) < 4.78 is 19.1. The summed E-state index contributed by atoms with van der Waals surface area (Å²) in [5, 5.41) is 10.7. The number of ether oxygens (including phenoxy) is 3. The van der Waals surface area contributed by atoms with Crippen LogP contribution in [0.25, 0.3) is 11.0 Å². The third-order valence-corrected chi connectivity index (χ3v) is 6.52. The van der Waals surface area contributed by atoms with Crippen molar-refractivity contribution in [2.24, 2.45) is 0 Å². The number of benzene rings is 2. The summed E-state index contributed by atoms with van der Waals surface area (Å²) in [4.78, 5) is 51.5. The van der Waals surface area contributed by atoms with Crippen molar-refractivity contribution in [1.82, 2.24) is 19.4 Å². The maximum Gasteiger partial charge on any atom is 0.404 e. The number of hydrogen-bond donors (Lipinski definition) is 2. The Kier molecular flexibility index (Phi) is 9.34. The van der Waals surface area contributed by atoms with Crippen molar-refractivity contribution in [2.75, 3.05) is 40.1 Å². The summed E-state index contributed by atoms with van der Waals surface area (Å²) >= 11 is 0. The molecule has 0 bridgehead atoms. The minimum Gasteiger partial charge on any atom is -0.497 e. The minimum absolute atomic E-state index is 0.119. The molecular formula is C27H32N4O8. The molecule has 0 saturated carbocycles. The van der Waals surface area contributed by atoms with E-state index in [1.54, 1.807) is 42.0 Å². The van der Waals surface area contributed by atoms with Crippen LogP contribution in [-0.4, -0.2) is 77.1 Å². The van der Waals surface area contributed by atoms with Crippen LogP contribution in [0.1, 0.15) is 24.4 Å². The van der Waals surface area contributed by atoms with Gasteiger partial charge >= 0.3 is 11.8 Å². The first kappa shape index (κ1) is 27.9. The Bertz CT molecular complexity index is 1360. The monoisotopic (exact) mass is 540 g/mol. The topological polar surface area (TPSA) is 141 Å². The van der Waals surface area contributed by atoms with Gasteiger partial charge in [-0.1, -0.05) is 24.3 Å². The molecule has 3 amide bonds. The first-order valence-electron chi connectivity index (χ1n) is 12.7. The van der Waals surface area contributed by atoms with Gasteiger partial charge in [0.05, 0.1) is 57.7 Å². The summed E-state index contributed by atoms with van der Waals surface area (Å²) in [5.41, 5.74) is 1.74. The van der Waals surface area contributed by atoms with Crippen molar-refractivity contribution < 1.29 is 33.7 Å². The van der Waals surface area contributed by atoms with Crippen LogP contribution in [-0.2, 0) is 32.2 Å². The minimum atomic E-state index is -1.11. The Morgan fingerprint density at radius 2 is 1.67 bits per heavy atom. The maximum atomic E-state index is 13.6. The Balaban J connectivity index is 1.44. The Hall–Kier alpha value is -4.16. The second-order valence-corrected chi connectivity index (χ2v) is 8.97. The molecule has 12 nitrogen and oxygen atoms in total. The summed E-state index contributed by atoms with van der Waals surface area (Å²) in [5.74, 6) is 0.00732. The Morgan fingerprint density at radius 3 is 2.36 bits per heavy atom. The lowest BCUT2D eigenvalue weighted by Crippen LogP contribution is -2.47. The van der Waals surface area contributed by atoms with Gasteiger partial charge in [0.2, 0.25) is 5.91 Å². The van der Waals surface area contributed by atoms with Gasteiger partial charge in [0.15, 0.2) is 0 Å². The molecule has 1 atom stereocenters. The lowest BCUT2D eigenvalue weighted by Gasteiger charge is -2.31. The van der Waals surface area contributed by atoms with Crippen LogP contribution < -0.4 is 15.7 Å². The zero-order valence-electron chi connectivity index (χ0n) is 21.7. The van der Waals surface area contributed by atoms with Crippen molar-refractivity contribution in [1.29, 1.82) is 0 Å². The van der Waals surface area contributed by atoms with Crippen LogP contribution in [0.4, 0.5) is 4.79 Å². The zero-order chi connectivity index (χ0) is 27.8. The van der Waals surface area contributed by atoms with E-state index in [-0.39, 0.29) is 70.5 Å². The van der Waals surface area contributed by atoms with Gasteiger partial charge in [0.1, 0.15) is 11.8 Å². The third kappa shape index (κ3) is 6.65. The first-order valence-corrected chi connectivity index (χ1v) is 12.7. The fourth-order valence-electron chi connectivity index (χ4n) is 4.60. The molecule has 208 valence electrons. The quantitative estimate of drug-likeness (QED) is 0.248. The molecule has 2 heterocycles. The number of carbonyl (C=O) groups is 3. The molecule has 0 spiro atoms. The number of amides is 3. The van der Waals surface area contributed by atoms with Crippen LogP contribution in [0.3, 0.4) is 0 Å². The van der Waals surface area contributed by atoms with E-state index in [9.17, 15) is 19.2 Å². The van der Waals surface area contributed by atoms with E-state index < -0.39 is 18.0 Å². The number of nitrogens with zero attached hydrogens (tertiary/aromatic N) is 3. The van der Waals surface area contributed by atoms with Crippen LogP contribution in [0.2, 0.25) is 0 Å². The number of hydrogen-bond acceptors (Lipinski definition) is 7. The van der Waals surface area contributed by atoms with Crippen molar-refractivity contribution in [3.05, 3.63) is 64.6 Å². The molecule has 0 radical (unpaired) electrons. The molecule has 1 saturated heterocycles. The van der Waals surface area contributed by atoms with Crippen molar-refractivity contribution >= 4 is 28.9 Å². The Labute approximate surface area is 224 Å². The van der Waals surface area contributed by atoms with Gasteiger partial charge in [-0.15, -0.1) is 0 Å². The number of methoxy groups -OCH3 is 1. The van der Waals surface area contributed by atoms with Gasteiger partial charge in [-0.25, -0.2) is 9.59 Å². The average Bonchev–Trinajstić information content (AvgIpc) is 3.21. The van der Waals surface area contributed by atoms with E-state index in [1.807, 2.05) is 18.2 Å². The number of carboxylic acid groups (broad SMARTS) is 1. The van der Waals surface area contributed by atoms with Gasteiger partial charge in [0.25, 0.3) is 5.91 Å². The second-order valence-electron chi connectivity index (χ2n) is 8.97. The molecule has 4 rings (SSSR count). The fraction of sp³-hybridized carbons (Fsp3) is 0.407. The second kappa shape index (κ2) is 13.1. The van der Waals surface area contributed by atoms with Crippen LogP contribution in [0.15, 0.2) is 53.3 Å². The number of likely N-dealkylation sites (tertiary alicyclic amines) is 1. The number of imide groups is 1. The smallest absolute Gasteiger partial charge is 0.404 e. The highest BCUT2D eigenvalue weighted by atomic mass is 16.5. The number of fused-ring (bicyclic) bond motifs is 1. The number of piperidine rings is 1. The number of nitrogens with one attached hydrogen (secondary N) is 1. The molecule has 1 aromatic heterocycles. The van der Waals surface area contributed by atoms with E-state index in [4.69, 9.17) is 19.3 Å². The number of aromatic nitrogens is 2. The van der Waals surface area contributed by atoms with E-state index in [1.165, 1.54) is 9.47 Å². The molecule has 39 heavy (non-hydrogen) atoms. The van der Waals surface area contributed by atoms with Gasteiger partial charge in [-0.2, -0.15) is 0 Å². The highest BCUT2D eigenvalue weighted by Crippen LogP contribution is 2.28. The highest BCUT2D eigenvalue weighted by molar-refractivity contribution is 6.00. The van der Waals surface area contributed by atoms with Gasteiger partial charge < -0.3 is 24.6 Å². The Morgan fingerprint density at radius 1 is 0.974 bits per heavy atom. The molecular weight excluding hydrogens is 508 g/mol.